The molecule has 1 aliphatic rings. The molecular weight excluding hydrogens is 466 g/mol. The van der Waals surface area contributed by atoms with Crippen LogP contribution >= 0.6 is 15.9 Å². The number of hydrogen-bond donors (Lipinski definition) is 1. The number of carbonyl (C=O) groups is 2. The fourth-order valence-electron chi connectivity index (χ4n) is 4.13. The maximum atomic E-state index is 13.2. The number of Topliss-reactive ketones (excluding diaryl/α,β-unsaturated/α-hetero) is 1. The van der Waals surface area contributed by atoms with Crippen molar-refractivity contribution in [1.82, 2.24) is 4.90 Å². The first-order valence-electron chi connectivity index (χ1n) is 10.5. The fraction of sp³-hybridized carbons (Fsp3) is 0.185. The van der Waals surface area contributed by atoms with Crippen LogP contribution in [-0.2, 0) is 16.0 Å². The average Bonchev–Trinajstić information content (AvgIpc) is 3.05. The molecule has 1 amide bonds. The summed E-state index contributed by atoms with van der Waals surface area (Å²) in [5.41, 5.74) is 4.40. The van der Waals surface area contributed by atoms with Crippen LogP contribution in [0, 0.1) is 13.8 Å². The van der Waals surface area contributed by atoms with E-state index >= 15 is 0 Å². The lowest BCUT2D eigenvalue weighted by atomic mass is 9.93. The average molecular weight is 490 g/mol. The van der Waals surface area contributed by atoms with Gasteiger partial charge in [-0.2, -0.15) is 0 Å². The number of ketones is 1. The van der Waals surface area contributed by atoms with Crippen LogP contribution in [0.2, 0.25) is 0 Å². The first-order chi connectivity index (χ1) is 15.4. The first-order valence-corrected chi connectivity index (χ1v) is 11.3. The van der Waals surface area contributed by atoms with Gasteiger partial charge in [-0.25, -0.2) is 0 Å². The van der Waals surface area contributed by atoms with E-state index in [1.165, 1.54) is 0 Å². The van der Waals surface area contributed by atoms with Crippen molar-refractivity contribution in [3.05, 3.63) is 111 Å². The van der Waals surface area contributed by atoms with Gasteiger partial charge in [-0.1, -0.05) is 76.1 Å². The van der Waals surface area contributed by atoms with E-state index in [9.17, 15) is 14.7 Å². The molecule has 0 saturated carbocycles. The van der Waals surface area contributed by atoms with E-state index < -0.39 is 17.7 Å². The Morgan fingerprint density at radius 3 is 2.34 bits per heavy atom. The van der Waals surface area contributed by atoms with Gasteiger partial charge in [0.2, 0.25) is 0 Å². The molecule has 0 radical (unpaired) electrons. The van der Waals surface area contributed by atoms with Gasteiger partial charge in [-0.3, -0.25) is 9.59 Å². The van der Waals surface area contributed by atoms with Gasteiger partial charge in [-0.05, 0) is 55.2 Å². The molecule has 1 fully saturated rings. The summed E-state index contributed by atoms with van der Waals surface area (Å²) in [6.45, 7) is 4.19. The summed E-state index contributed by atoms with van der Waals surface area (Å²) in [5, 5.41) is 11.3. The predicted molar refractivity (Wildman–Crippen MR) is 129 cm³/mol. The molecule has 5 heteroatoms. The molecule has 3 aromatic carbocycles. The number of carbonyl (C=O) groups excluding carboxylic acids is 2. The molecule has 1 saturated heterocycles. The normalized spacial score (nSPS) is 17.7. The Balaban J connectivity index is 1.82. The van der Waals surface area contributed by atoms with Gasteiger partial charge in [0, 0.05) is 16.6 Å². The van der Waals surface area contributed by atoms with Crippen molar-refractivity contribution in [1.29, 1.82) is 0 Å². The summed E-state index contributed by atoms with van der Waals surface area (Å²) >= 11 is 3.44. The summed E-state index contributed by atoms with van der Waals surface area (Å²) < 4.78 is 0.900. The van der Waals surface area contributed by atoms with Gasteiger partial charge in [0.05, 0.1) is 11.6 Å². The second-order valence-corrected chi connectivity index (χ2v) is 9.01. The molecule has 1 unspecified atom stereocenters. The van der Waals surface area contributed by atoms with Crippen LogP contribution in [0.1, 0.15) is 33.9 Å². The lowest BCUT2D eigenvalue weighted by molar-refractivity contribution is -0.139. The second-order valence-electron chi connectivity index (χ2n) is 8.10. The molecule has 0 bridgehead atoms. The standard InChI is InChI=1S/C27H24BrNO3/c1-17-8-9-18(2)22(16-17)25(30)23-24(20-10-12-21(28)13-11-20)29(27(32)26(23)31)15-14-19-6-4-3-5-7-19/h3-13,16,24,30H,14-15H2,1-2H3/b25-23+. The topological polar surface area (TPSA) is 57.6 Å². The highest BCUT2D eigenvalue weighted by atomic mass is 79.9. The Morgan fingerprint density at radius 2 is 1.66 bits per heavy atom. The zero-order valence-electron chi connectivity index (χ0n) is 18.0. The molecule has 4 rings (SSSR count). The SMILES string of the molecule is Cc1ccc(C)c(/C(O)=C2\C(=O)C(=O)N(CCc3ccccc3)C2c2ccc(Br)cc2)c1. The second kappa shape index (κ2) is 9.13. The van der Waals surface area contributed by atoms with E-state index in [4.69, 9.17) is 0 Å². The predicted octanol–water partition coefficient (Wildman–Crippen LogP) is 5.73. The molecule has 0 aromatic heterocycles. The minimum atomic E-state index is -0.649. The number of likely N-dealkylation sites (tertiary alicyclic amines) is 1. The monoisotopic (exact) mass is 489 g/mol. The number of rotatable bonds is 5. The van der Waals surface area contributed by atoms with Crippen molar-refractivity contribution in [3.8, 4) is 0 Å². The van der Waals surface area contributed by atoms with Crippen LogP contribution in [0.5, 0.6) is 0 Å². The Kier molecular flexibility index (Phi) is 6.28. The summed E-state index contributed by atoms with van der Waals surface area (Å²) in [7, 11) is 0. The molecule has 32 heavy (non-hydrogen) atoms. The molecular formula is C27H24BrNO3. The Morgan fingerprint density at radius 1 is 0.969 bits per heavy atom. The van der Waals surface area contributed by atoms with E-state index in [1.807, 2.05) is 86.6 Å². The van der Waals surface area contributed by atoms with Crippen molar-refractivity contribution < 1.29 is 14.7 Å². The van der Waals surface area contributed by atoms with E-state index in [1.54, 1.807) is 4.90 Å². The number of halogens is 1. The largest absolute Gasteiger partial charge is 0.507 e. The third-order valence-corrected chi connectivity index (χ3v) is 6.39. The van der Waals surface area contributed by atoms with Crippen LogP contribution in [-0.4, -0.2) is 28.2 Å². The summed E-state index contributed by atoms with van der Waals surface area (Å²) in [5.74, 6) is -1.36. The third-order valence-electron chi connectivity index (χ3n) is 5.86. The molecule has 1 aliphatic heterocycles. The number of aliphatic hydroxyl groups is 1. The van der Waals surface area contributed by atoms with Crippen LogP contribution < -0.4 is 0 Å². The van der Waals surface area contributed by atoms with Crippen molar-refractivity contribution >= 4 is 33.4 Å². The molecule has 1 atom stereocenters. The first kappa shape index (κ1) is 22.0. The summed E-state index contributed by atoms with van der Waals surface area (Å²) in [6, 6.07) is 22.4. The molecule has 0 aliphatic carbocycles. The number of hydrogen-bond acceptors (Lipinski definition) is 3. The quantitative estimate of drug-likeness (QED) is 0.282. The smallest absolute Gasteiger partial charge is 0.295 e. The van der Waals surface area contributed by atoms with E-state index in [0.717, 1.165) is 26.7 Å². The zero-order valence-corrected chi connectivity index (χ0v) is 19.6. The van der Waals surface area contributed by atoms with Gasteiger partial charge in [0.25, 0.3) is 11.7 Å². The molecule has 162 valence electrons. The fourth-order valence-corrected chi connectivity index (χ4v) is 4.40. The highest BCUT2D eigenvalue weighted by molar-refractivity contribution is 9.10. The minimum Gasteiger partial charge on any atom is -0.507 e. The molecule has 1 heterocycles. The van der Waals surface area contributed by atoms with E-state index in [0.29, 0.717) is 18.5 Å². The van der Waals surface area contributed by atoms with Crippen molar-refractivity contribution in [2.75, 3.05) is 6.54 Å². The number of amides is 1. The third kappa shape index (κ3) is 4.26. The van der Waals surface area contributed by atoms with E-state index in [-0.39, 0.29) is 11.3 Å². The highest BCUT2D eigenvalue weighted by Crippen LogP contribution is 2.40. The summed E-state index contributed by atoms with van der Waals surface area (Å²) in [6.07, 6.45) is 0.615. The molecule has 4 nitrogen and oxygen atoms in total. The zero-order chi connectivity index (χ0) is 22.8. The Hall–Kier alpha value is -3.18. The maximum absolute atomic E-state index is 13.2. The number of benzene rings is 3. The Bertz CT molecular complexity index is 1200. The van der Waals surface area contributed by atoms with E-state index in [2.05, 4.69) is 15.9 Å². The number of nitrogens with zero attached hydrogens (tertiary/aromatic N) is 1. The molecule has 3 aromatic rings. The van der Waals surface area contributed by atoms with Crippen molar-refractivity contribution in [3.63, 3.8) is 0 Å². The van der Waals surface area contributed by atoms with Gasteiger partial charge < -0.3 is 10.0 Å². The highest BCUT2D eigenvalue weighted by Gasteiger charge is 2.45. The lowest BCUT2D eigenvalue weighted by Crippen LogP contribution is -2.31. The van der Waals surface area contributed by atoms with Gasteiger partial charge in [-0.15, -0.1) is 0 Å². The van der Waals surface area contributed by atoms with Crippen LogP contribution in [0.15, 0.2) is 82.8 Å². The van der Waals surface area contributed by atoms with Crippen LogP contribution in [0.4, 0.5) is 0 Å². The van der Waals surface area contributed by atoms with Crippen molar-refractivity contribution in [2.24, 2.45) is 0 Å². The molecule has 0 spiro atoms. The van der Waals surface area contributed by atoms with Gasteiger partial charge in [0.1, 0.15) is 5.76 Å². The van der Waals surface area contributed by atoms with Crippen molar-refractivity contribution in [2.45, 2.75) is 26.3 Å². The number of aliphatic hydroxyl groups excluding tert-OH is 1. The Labute approximate surface area is 196 Å². The van der Waals surface area contributed by atoms with Gasteiger partial charge >= 0.3 is 0 Å². The molecule has 1 N–H and O–H groups in total. The van der Waals surface area contributed by atoms with Crippen LogP contribution in [0.25, 0.3) is 5.76 Å². The lowest BCUT2D eigenvalue weighted by Gasteiger charge is -2.25. The minimum absolute atomic E-state index is 0.125. The van der Waals surface area contributed by atoms with Crippen LogP contribution in [0.3, 0.4) is 0 Å². The number of aryl methyl sites for hydroxylation is 2. The maximum Gasteiger partial charge on any atom is 0.295 e. The summed E-state index contributed by atoms with van der Waals surface area (Å²) in [4.78, 5) is 27.8. The van der Waals surface area contributed by atoms with Gasteiger partial charge in [0.15, 0.2) is 0 Å².